The summed E-state index contributed by atoms with van der Waals surface area (Å²) in [6, 6.07) is 0. The fourth-order valence-corrected chi connectivity index (χ4v) is 1.49. The SMILES string of the molecule is O=[CH][Ge]1=[CH]C=[CH]1.[Au]. The molecule has 3 heteroatoms. The number of hydrogen-bond donors (Lipinski definition) is 0. The van der Waals surface area contributed by atoms with Crippen LogP contribution in [-0.4, -0.2) is 23.9 Å². The van der Waals surface area contributed by atoms with Crippen molar-refractivity contribution >= 4 is 23.9 Å². The summed E-state index contributed by atoms with van der Waals surface area (Å²) in [6.45, 7) is 0. The van der Waals surface area contributed by atoms with Crippen molar-refractivity contribution in [3.8, 4) is 0 Å². The quantitative estimate of drug-likeness (QED) is 0.476. The minimum absolute atomic E-state index is 0. The van der Waals surface area contributed by atoms with E-state index in [4.69, 9.17) is 0 Å². The van der Waals surface area contributed by atoms with Gasteiger partial charge >= 0.3 is 39.7 Å². The van der Waals surface area contributed by atoms with Crippen molar-refractivity contribution in [1.82, 2.24) is 0 Å². The summed E-state index contributed by atoms with van der Waals surface area (Å²) in [5.41, 5.74) is 0. The Bertz CT molecular complexity index is 124. The summed E-state index contributed by atoms with van der Waals surface area (Å²) >= 11 is -1.19. The molecular formula is C4H4AuGeO. The average Bonchev–Trinajstić information content (AvgIpc) is 1.31. The minimum Gasteiger partial charge on any atom is 0 e. The number of carbonyl (C=O) groups excluding carboxylic acids is 1. The average molecular weight is 338 g/mol. The van der Waals surface area contributed by atoms with Crippen molar-refractivity contribution < 1.29 is 27.2 Å². The first kappa shape index (κ1) is 7.56. The van der Waals surface area contributed by atoms with Gasteiger partial charge in [-0.05, 0) is 0 Å². The van der Waals surface area contributed by atoms with Gasteiger partial charge in [0.15, 0.2) is 0 Å². The molecule has 0 atom stereocenters. The third kappa shape index (κ3) is 1.86. The first-order valence-electron chi connectivity index (χ1n) is 1.77. The molecule has 0 N–H and O–H groups in total. The van der Waals surface area contributed by atoms with Crippen LogP contribution in [0.25, 0.3) is 0 Å². The van der Waals surface area contributed by atoms with Gasteiger partial charge in [0.2, 0.25) is 0 Å². The molecule has 1 radical (unpaired) electrons. The second-order valence-electron chi connectivity index (χ2n) is 1.14. The van der Waals surface area contributed by atoms with Crippen molar-refractivity contribution in [2.45, 2.75) is 0 Å². The fraction of sp³-hybridized carbons (Fsp3) is 0. The van der Waals surface area contributed by atoms with Crippen LogP contribution in [0, 0.1) is 0 Å². The molecule has 0 aliphatic carbocycles. The van der Waals surface area contributed by atoms with Gasteiger partial charge in [-0.15, -0.1) is 0 Å². The molecule has 0 unspecified atom stereocenters. The summed E-state index contributed by atoms with van der Waals surface area (Å²) in [7, 11) is 0. The Morgan fingerprint density at radius 2 is 2.14 bits per heavy atom. The second kappa shape index (κ2) is 3.55. The van der Waals surface area contributed by atoms with Crippen LogP contribution in [0.1, 0.15) is 0 Å². The topological polar surface area (TPSA) is 17.1 Å². The summed E-state index contributed by atoms with van der Waals surface area (Å²) < 4.78 is 0. The van der Waals surface area contributed by atoms with Crippen LogP contribution in [0.3, 0.4) is 0 Å². The first-order valence-corrected chi connectivity index (χ1v) is 5.40. The molecule has 0 saturated heterocycles. The van der Waals surface area contributed by atoms with Crippen molar-refractivity contribution in [3.63, 3.8) is 0 Å². The molecule has 41 valence electrons. The Labute approximate surface area is 61.9 Å². The van der Waals surface area contributed by atoms with Crippen LogP contribution in [0.5, 0.6) is 0 Å². The van der Waals surface area contributed by atoms with Gasteiger partial charge in [-0.2, -0.15) is 0 Å². The van der Waals surface area contributed by atoms with Gasteiger partial charge < -0.3 is 0 Å². The third-order valence-corrected chi connectivity index (χ3v) is 3.71. The van der Waals surface area contributed by atoms with Gasteiger partial charge in [0.25, 0.3) is 0 Å². The summed E-state index contributed by atoms with van der Waals surface area (Å²) in [4.78, 5) is 13.8. The van der Waals surface area contributed by atoms with Crippen molar-refractivity contribution in [2.75, 3.05) is 0 Å². The molecule has 1 aliphatic heterocycles. The van der Waals surface area contributed by atoms with E-state index in [1.807, 2.05) is 15.8 Å². The number of allylic oxidation sites excluding steroid dienone is 1. The fourth-order valence-electron chi connectivity index (χ4n) is 0.286. The molecule has 0 amide bonds. The van der Waals surface area contributed by atoms with E-state index in [1.165, 1.54) is 0 Å². The normalized spacial score (nSPS) is 13.4. The first-order chi connectivity index (χ1) is 2.93. The molecule has 0 saturated carbocycles. The molecule has 7 heavy (non-hydrogen) atoms. The Balaban J connectivity index is 0.000000360. The number of rotatable bonds is 1. The number of carbonyl (C=O) groups is 1. The zero-order valence-corrected chi connectivity index (χ0v) is 7.78. The van der Waals surface area contributed by atoms with Crippen LogP contribution < -0.4 is 0 Å². The molecule has 0 bridgehead atoms. The van der Waals surface area contributed by atoms with Gasteiger partial charge in [-0.25, -0.2) is 0 Å². The molecule has 0 spiro atoms. The Hall–Kier alpha value is 0.563. The molecular weight excluding hydrogens is 334 g/mol. The van der Waals surface area contributed by atoms with E-state index in [9.17, 15) is 4.79 Å². The van der Waals surface area contributed by atoms with Crippen LogP contribution in [-0.2, 0) is 27.2 Å². The summed E-state index contributed by atoms with van der Waals surface area (Å²) in [5.74, 6) is 0. The summed E-state index contributed by atoms with van der Waals surface area (Å²) in [6.07, 6.45) is 1.95. The van der Waals surface area contributed by atoms with Gasteiger partial charge in [0.05, 0.1) is 0 Å². The zero-order valence-electron chi connectivity index (χ0n) is 3.52. The molecule has 1 aliphatic rings. The van der Waals surface area contributed by atoms with Gasteiger partial charge in [-0.1, -0.05) is 0 Å². The number of hydrogen-bond acceptors (Lipinski definition) is 1. The van der Waals surface area contributed by atoms with E-state index >= 15 is 0 Å². The zero-order chi connectivity index (χ0) is 4.41. The molecule has 1 heterocycles. The van der Waals surface area contributed by atoms with Crippen LogP contribution in [0.15, 0.2) is 11.0 Å². The van der Waals surface area contributed by atoms with E-state index in [-0.39, 0.29) is 22.4 Å². The van der Waals surface area contributed by atoms with Crippen LogP contribution in [0.4, 0.5) is 0 Å². The summed E-state index contributed by atoms with van der Waals surface area (Å²) in [5, 5.41) is 1.08. The van der Waals surface area contributed by atoms with Crippen molar-refractivity contribution in [1.29, 1.82) is 0 Å². The monoisotopic (exact) mass is 339 g/mol. The smallest absolute Gasteiger partial charge is 0 e. The Morgan fingerprint density at radius 3 is 2.14 bits per heavy atom. The van der Waals surface area contributed by atoms with Crippen LogP contribution >= 0.6 is 0 Å². The van der Waals surface area contributed by atoms with E-state index in [0.29, 0.717) is 0 Å². The molecule has 1 nitrogen and oxygen atoms in total. The predicted octanol–water partition coefficient (Wildman–Crippen LogP) is -0.256. The van der Waals surface area contributed by atoms with Crippen LogP contribution in [0.2, 0.25) is 0 Å². The van der Waals surface area contributed by atoms with E-state index in [1.54, 1.807) is 0 Å². The van der Waals surface area contributed by atoms with Gasteiger partial charge in [-0.3, -0.25) is 0 Å². The largest absolute Gasteiger partial charge is 0 e. The van der Waals surface area contributed by atoms with Crippen molar-refractivity contribution in [2.24, 2.45) is 0 Å². The maximum atomic E-state index is 9.78. The maximum Gasteiger partial charge on any atom is 0 e. The molecule has 0 fully saturated rings. The molecule has 0 aromatic heterocycles. The third-order valence-electron chi connectivity index (χ3n) is 0.713. The molecule has 0 aromatic carbocycles. The second-order valence-corrected chi connectivity index (χ2v) is 5.13. The molecule has 1 rings (SSSR count). The Morgan fingerprint density at radius 1 is 1.57 bits per heavy atom. The van der Waals surface area contributed by atoms with Crippen molar-refractivity contribution in [3.05, 3.63) is 11.0 Å². The van der Waals surface area contributed by atoms with E-state index in [0.717, 1.165) is 5.12 Å². The standard InChI is InChI=1S/C4H4GeO.Au/c6-4-5-2-1-3-5;/h1-4H;. The van der Waals surface area contributed by atoms with Gasteiger partial charge in [0, 0.05) is 22.4 Å². The van der Waals surface area contributed by atoms with E-state index in [2.05, 4.69) is 0 Å². The predicted molar refractivity (Wildman–Crippen MR) is 27.7 cm³/mol. The molecule has 0 aromatic rings. The maximum absolute atomic E-state index is 9.78. The van der Waals surface area contributed by atoms with Gasteiger partial charge in [0.1, 0.15) is 0 Å². The van der Waals surface area contributed by atoms with E-state index < -0.39 is 13.9 Å². The minimum atomic E-state index is -1.19. The Kier molecular flexibility index (Phi) is 3.84.